The number of carboxylic acid groups (broad SMARTS) is 1. The third kappa shape index (κ3) is 3.04. The van der Waals surface area contributed by atoms with Crippen molar-refractivity contribution in [2.45, 2.75) is 58.5 Å². The fourth-order valence-corrected chi connectivity index (χ4v) is 3.51. The first-order valence-electron chi connectivity index (χ1n) is 7.35. The Hall–Kier alpha value is -1.20. The van der Waals surface area contributed by atoms with Gasteiger partial charge in [0.05, 0.1) is 5.41 Å². The Morgan fingerprint density at radius 3 is 2.19 bits per heavy atom. The molecule has 2 saturated carbocycles. The number of esters is 1. The zero-order valence-corrected chi connectivity index (χ0v) is 12.6. The maximum atomic E-state index is 14.1. The van der Waals surface area contributed by atoms with Crippen molar-refractivity contribution < 1.29 is 28.2 Å². The highest BCUT2D eigenvalue weighted by molar-refractivity contribution is 5.79. The molecule has 0 heterocycles. The van der Waals surface area contributed by atoms with E-state index < -0.39 is 35.3 Å². The summed E-state index contributed by atoms with van der Waals surface area (Å²) < 4.78 is 33.1. The van der Waals surface area contributed by atoms with E-state index in [1.165, 1.54) is 0 Å². The molecule has 120 valence electrons. The van der Waals surface area contributed by atoms with E-state index in [2.05, 4.69) is 0 Å². The van der Waals surface area contributed by atoms with Crippen molar-refractivity contribution in [3.05, 3.63) is 0 Å². The van der Waals surface area contributed by atoms with Crippen molar-refractivity contribution in [3.63, 3.8) is 0 Å². The Kier molecular flexibility index (Phi) is 4.02. The van der Waals surface area contributed by atoms with Crippen LogP contribution in [0.15, 0.2) is 0 Å². The number of ether oxygens (including phenoxy) is 1. The van der Waals surface area contributed by atoms with Gasteiger partial charge in [-0.25, -0.2) is 4.79 Å². The van der Waals surface area contributed by atoms with Crippen molar-refractivity contribution in [2.75, 3.05) is 0 Å². The van der Waals surface area contributed by atoms with Gasteiger partial charge in [-0.3, -0.25) is 4.79 Å². The van der Waals surface area contributed by atoms with Crippen LogP contribution < -0.4 is 0 Å². The summed E-state index contributed by atoms with van der Waals surface area (Å²) >= 11 is 0. The highest BCUT2D eigenvalue weighted by Crippen LogP contribution is 2.52. The number of carbonyl (C=O) groups excluding carboxylic acids is 1. The number of carbonyl (C=O) groups is 2. The number of fused-ring (bicyclic) bond motifs is 2. The van der Waals surface area contributed by atoms with Crippen molar-refractivity contribution in [2.24, 2.45) is 23.2 Å². The maximum Gasteiger partial charge on any atom is 0.378 e. The second-order valence-corrected chi connectivity index (χ2v) is 7.34. The molecule has 6 heteroatoms. The summed E-state index contributed by atoms with van der Waals surface area (Å²) in [6.07, 6.45) is 1.31. The molecule has 0 amide bonds. The molecule has 1 N–H and O–H groups in total. The summed E-state index contributed by atoms with van der Waals surface area (Å²) in [4.78, 5) is 22.9. The molecule has 0 aromatic rings. The largest absolute Gasteiger partial charge is 0.477 e. The molecule has 4 atom stereocenters. The summed E-state index contributed by atoms with van der Waals surface area (Å²) in [7, 11) is 0. The molecule has 4 nitrogen and oxygen atoms in total. The first-order valence-corrected chi connectivity index (χ1v) is 7.35. The summed E-state index contributed by atoms with van der Waals surface area (Å²) in [5.41, 5.74) is -0.940. The van der Waals surface area contributed by atoms with Gasteiger partial charge in [0, 0.05) is 5.92 Å². The van der Waals surface area contributed by atoms with Crippen LogP contribution >= 0.6 is 0 Å². The van der Waals surface area contributed by atoms with Crippen molar-refractivity contribution >= 4 is 11.9 Å². The summed E-state index contributed by atoms with van der Waals surface area (Å²) in [5, 5.41) is 8.82. The summed E-state index contributed by atoms with van der Waals surface area (Å²) in [6, 6.07) is 0. The van der Waals surface area contributed by atoms with E-state index in [0.717, 1.165) is 19.3 Å². The normalized spacial score (nSPS) is 30.2. The van der Waals surface area contributed by atoms with E-state index in [1.807, 2.05) is 0 Å². The molecule has 21 heavy (non-hydrogen) atoms. The number of carboxylic acids is 1. The molecule has 4 unspecified atom stereocenters. The summed E-state index contributed by atoms with van der Waals surface area (Å²) in [6.45, 7) is 4.68. The molecule has 2 bridgehead atoms. The monoisotopic (exact) mass is 304 g/mol. The second-order valence-electron chi connectivity index (χ2n) is 7.34. The average Bonchev–Trinajstić information content (AvgIpc) is 2.95. The summed E-state index contributed by atoms with van der Waals surface area (Å²) in [5.74, 6) is -7.21. The Morgan fingerprint density at radius 2 is 1.81 bits per heavy atom. The standard InChI is InChI=1S/C15H22F2O4/c1-14(2,3)13(20)21-11(15(16,17)12(18)19)10-7-8-4-5-9(10)6-8/h8-11H,4-7H2,1-3H3,(H,18,19). The molecule has 2 aliphatic rings. The van der Waals surface area contributed by atoms with Gasteiger partial charge < -0.3 is 9.84 Å². The topological polar surface area (TPSA) is 63.6 Å². The van der Waals surface area contributed by atoms with Crippen molar-refractivity contribution in [1.82, 2.24) is 0 Å². The molecule has 2 rings (SSSR count). The fourth-order valence-electron chi connectivity index (χ4n) is 3.51. The van der Waals surface area contributed by atoms with E-state index in [1.54, 1.807) is 20.8 Å². The Bertz CT molecular complexity index is 441. The number of aliphatic carboxylic acids is 1. The maximum absolute atomic E-state index is 14.1. The van der Waals surface area contributed by atoms with Crippen LogP contribution in [0.3, 0.4) is 0 Å². The molecule has 0 aromatic carbocycles. The number of hydrogen-bond donors (Lipinski definition) is 1. The zero-order chi connectivity index (χ0) is 16.0. The predicted octanol–water partition coefficient (Wildman–Crippen LogP) is 3.10. The zero-order valence-electron chi connectivity index (χ0n) is 12.6. The van der Waals surface area contributed by atoms with Crippen LogP contribution in [0, 0.1) is 23.2 Å². The number of alkyl halides is 2. The Labute approximate surface area is 122 Å². The lowest BCUT2D eigenvalue weighted by Crippen LogP contribution is -2.50. The predicted molar refractivity (Wildman–Crippen MR) is 70.9 cm³/mol. The SMILES string of the molecule is CC(C)(C)C(=O)OC(C1CC2CCC1C2)C(F)(F)C(=O)O. The number of rotatable bonds is 4. The highest BCUT2D eigenvalue weighted by Gasteiger charge is 2.58. The third-order valence-corrected chi connectivity index (χ3v) is 4.67. The van der Waals surface area contributed by atoms with Crippen LogP contribution in [-0.4, -0.2) is 29.1 Å². The van der Waals surface area contributed by atoms with Gasteiger partial charge in [-0.15, -0.1) is 0 Å². The van der Waals surface area contributed by atoms with Crippen LogP contribution in [0.25, 0.3) is 0 Å². The van der Waals surface area contributed by atoms with Gasteiger partial charge in [0.15, 0.2) is 6.10 Å². The van der Waals surface area contributed by atoms with E-state index in [0.29, 0.717) is 12.3 Å². The first-order chi connectivity index (χ1) is 9.53. The van der Waals surface area contributed by atoms with Gasteiger partial charge in [0.1, 0.15) is 0 Å². The molecule has 0 aliphatic heterocycles. The molecule has 0 radical (unpaired) electrons. The van der Waals surface area contributed by atoms with E-state index in [9.17, 15) is 18.4 Å². The van der Waals surface area contributed by atoms with Crippen molar-refractivity contribution in [1.29, 1.82) is 0 Å². The molecular weight excluding hydrogens is 282 g/mol. The molecule has 0 spiro atoms. The van der Waals surface area contributed by atoms with Crippen LogP contribution in [0.4, 0.5) is 8.78 Å². The third-order valence-electron chi connectivity index (χ3n) is 4.67. The van der Waals surface area contributed by atoms with Gasteiger partial charge >= 0.3 is 17.9 Å². The van der Waals surface area contributed by atoms with Gasteiger partial charge in [-0.05, 0) is 51.9 Å². The van der Waals surface area contributed by atoms with Crippen molar-refractivity contribution in [3.8, 4) is 0 Å². The van der Waals surface area contributed by atoms with Crippen LogP contribution in [0.1, 0.15) is 46.5 Å². The Balaban J connectivity index is 2.23. The van der Waals surface area contributed by atoms with Crippen LogP contribution in [0.2, 0.25) is 0 Å². The average molecular weight is 304 g/mol. The van der Waals surface area contributed by atoms with E-state index >= 15 is 0 Å². The van der Waals surface area contributed by atoms with Crippen LogP contribution in [-0.2, 0) is 14.3 Å². The number of halogens is 2. The van der Waals surface area contributed by atoms with E-state index in [-0.39, 0.29) is 5.92 Å². The van der Waals surface area contributed by atoms with Gasteiger partial charge in [0.2, 0.25) is 0 Å². The molecule has 0 aromatic heterocycles. The molecule has 2 fully saturated rings. The molecule has 2 aliphatic carbocycles. The molecular formula is C15H22F2O4. The van der Waals surface area contributed by atoms with Gasteiger partial charge in [0.25, 0.3) is 0 Å². The van der Waals surface area contributed by atoms with Crippen LogP contribution in [0.5, 0.6) is 0 Å². The Morgan fingerprint density at radius 1 is 1.19 bits per heavy atom. The minimum Gasteiger partial charge on any atom is -0.477 e. The van der Waals surface area contributed by atoms with Gasteiger partial charge in [-0.2, -0.15) is 8.78 Å². The fraction of sp³-hybridized carbons (Fsp3) is 0.867. The first kappa shape index (κ1) is 16.2. The lowest BCUT2D eigenvalue weighted by Gasteiger charge is -2.34. The lowest BCUT2D eigenvalue weighted by molar-refractivity contribution is -0.207. The van der Waals surface area contributed by atoms with Gasteiger partial charge in [-0.1, -0.05) is 6.42 Å². The minimum absolute atomic E-state index is 0.0398. The second kappa shape index (κ2) is 5.21. The lowest BCUT2D eigenvalue weighted by atomic mass is 9.82. The minimum atomic E-state index is -4.05. The quantitative estimate of drug-likeness (QED) is 0.811. The number of hydrogen-bond acceptors (Lipinski definition) is 3. The smallest absolute Gasteiger partial charge is 0.378 e. The highest BCUT2D eigenvalue weighted by atomic mass is 19.3. The molecule has 0 saturated heterocycles. The van der Waals surface area contributed by atoms with E-state index in [4.69, 9.17) is 9.84 Å².